The lowest BCUT2D eigenvalue weighted by molar-refractivity contribution is 0.0612. The number of hydrogen-bond donors (Lipinski definition) is 0. The van der Waals surface area contributed by atoms with Crippen molar-refractivity contribution in [1.82, 2.24) is 29.0 Å². The standard InChI is InChI=1S/C18H19ClN6O3S2/c1-11-20-17(29-23-11)16-22-21-15-14(7-10-30(2,27)28)24(8-9-25(15)16)18(26)12-3-5-13(19)6-4-12/h3-6,14H,7-10H2,1-2H3. The summed E-state index contributed by atoms with van der Waals surface area (Å²) in [6.45, 7) is 2.67. The lowest BCUT2D eigenvalue weighted by Crippen LogP contribution is -2.43. The molecule has 0 radical (unpaired) electrons. The van der Waals surface area contributed by atoms with Gasteiger partial charge in [-0.25, -0.2) is 13.4 Å². The molecule has 30 heavy (non-hydrogen) atoms. The fraction of sp³-hybridized carbons (Fsp3) is 0.389. The van der Waals surface area contributed by atoms with E-state index in [1.807, 2.05) is 4.57 Å². The Morgan fingerprint density at radius 2 is 1.97 bits per heavy atom. The van der Waals surface area contributed by atoms with E-state index in [1.54, 1.807) is 36.1 Å². The molecule has 9 nitrogen and oxygen atoms in total. The summed E-state index contributed by atoms with van der Waals surface area (Å²) < 4.78 is 29.7. The normalized spacial score (nSPS) is 16.5. The number of rotatable bonds is 5. The van der Waals surface area contributed by atoms with Crippen LogP contribution in [0.1, 0.15) is 34.5 Å². The third-order valence-electron chi connectivity index (χ3n) is 4.85. The summed E-state index contributed by atoms with van der Waals surface area (Å²) in [7, 11) is -3.22. The van der Waals surface area contributed by atoms with Crippen molar-refractivity contribution in [3.63, 3.8) is 0 Å². The molecule has 2 aromatic heterocycles. The molecule has 0 saturated carbocycles. The second-order valence-electron chi connectivity index (χ2n) is 7.12. The quantitative estimate of drug-likeness (QED) is 0.567. The number of carbonyl (C=O) groups excluding carboxylic acids is 1. The van der Waals surface area contributed by atoms with Gasteiger partial charge in [0.25, 0.3) is 5.91 Å². The molecule has 1 aliphatic rings. The van der Waals surface area contributed by atoms with E-state index in [4.69, 9.17) is 11.6 Å². The van der Waals surface area contributed by atoms with Gasteiger partial charge in [0.1, 0.15) is 15.7 Å². The Morgan fingerprint density at radius 3 is 2.60 bits per heavy atom. The molecule has 0 fully saturated rings. The molecular weight excluding hydrogens is 448 g/mol. The van der Waals surface area contributed by atoms with Crippen molar-refractivity contribution < 1.29 is 13.2 Å². The van der Waals surface area contributed by atoms with E-state index < -0.39 is 15.9 Å². The Balaban J connectivity index is 1.71. The SMILES string of the molecule is Cc1nsc(-c2nnc3n2CCN(C(=O)c2ccc(Cl)cc2)C3CCS(C)(=O)=O)n1. The van der Waals surface area contributed by atoms with Crippen LogP contribution in [0.3, 0.4) is 0 Å². The highest BCUT2D eigenvalue weighted by Gasteiger charge is 2.36. The van der Waals surface area contributed by atoms with Crippen molar-refractivity contribution in [2.24, 2.45) is 0 Å². The van der Waals surface area contributed by atoms with Crippen molar-refractivity contribution >= 4 is 38.9 Å². The fourth-order valence-corrected chi connectivity index (χ4v) is 4.89. The largest absolute Gasteiger partial charge is 0.327 e. The Morgan fingerprint density at radius 1 is 1.23 bits per heavy atom. The summed E-state index contributed by atoms with van der Waals surface area (Å²) in [5.74, 6) is 1.51. The van der Waals surface area contributed by atoms with Gasteiger partial charge in [-0.3, -0.25) is 4.79 Å². The predicted molar refractivity (Wildman–Crippen MR) is 113 cm³/mol. The Labute approximate surface area is 182 Å². The molecule has 0 N–H and O–H groups in total. The van der Waals surface area contributed by atoms with Gasteiger partial charge >= 0.3 is 0 Å². The van der Waals surface area contributed by atoms with Crippen LogP contribution in [0.15, 0.2) is 24.3 Å². The van der Waals surface area contributed by atoms with Gasteiger partial charge in [-0.15, -0.1) is 10.2 Å². The van der Waals surface area contributed by atoms with Gasteiger partial charge < -0.3 is 9.47 Å². The van der Waals surface area contributed by atoms with Crippen LogP contribution < -0.4 is 0 Å². The van der Waals surface area contributed by atoms with Crippen molar-refractivity contribution in [3.8, 4) is 10.8 Å². The topological polar surface area (TPSA) is 111 Å². The summed E-state index contributed by atoms with van der Waals surface area (Å²) in [5.41, 5.74) is 0.483. The lowest BCUT2D eigenvalue weighted by atomic mass is 10.1. The summed E-state index contributed by atoms with van der Waals surface area (Å²) >= 11 is 7.17. The van der Waals surface area contributed by atoms with Crippen LogP contribution >= 0.6 is 23.1 Å². The number of amides is 1. The molecule has 0 bridgehead atoms. The fourth-order valence-electron chi connectivity index (χ4n) is 3.44. The minimum Gasteiger partial charge on any atom is -0.327 e. The summed E-state index contributed by atoms with van der Waals surface area (Å²) in [4.78, 5) is 19.2. The zero-order valence-electron chi connectivity index (χ0n) is 16.3. The summed E-state index contributed by atoms with van der Waals surface area (Å²) in [5, 5.41) is 9.76. The van der Waals surface area contributed by atoms with Crippen LogP contribution in [0.5, 0.6) is 0 Å². The van der Waals surface area contributed by atoms with Crippen LogP contribution in [-0.2, 0) is 16.4 Å². The van der Waals surface area contributed by atoms with Gasteiger partial charge in [0.05, 0.1) is 11.8 Å². The third-order valence-corrected chi connectivity index (χ3v) is 6.88. The highest BCUT2D eigenvalue weighted by atomic mass is 35.5. The maximum atomic E-state index is 13.2. The zero-order valence-corrected chi connectivity index (χ0v) is 18.7. The van der Waals surface area contributed by atoms with E-state index in [1.165, 1.54) is 17.8 Å². The van der Waals surface area contributed by atoms with Crippen LogP contribution in [0.25, 0.3) is 10.8 Å². The van der Waals surface area contributed by atoms with E-state index in [9.17, 15) is 13.2 Å². The number of halogens is 1. The monoisotopic (exact) mass is 466 g/mol. The molecule has 3 aromatic rings. The number of aryl methyl sites for hydroxylation is 1. The van der Waals surface area contributed by atoms with Crippen LogP contribution in [0.4, 0.5) is 0 Å². The molecule has 0 aliphatic carbocycles. The van der Waals surface area contributed by atoms with Crippen LogP contribution in [0.2, 0.25) is 5.02 Å². The maximum absolute atomic E-state index is 13.2. The molecule has 1 amide bonds. The molecule has 0 spiro atoms. The van der Waals surface area contributed by atoms with Gasteiger partial charge in [-0.2, -0.15) is 4.37 Å². The second-order valence-corrected chi connectivity index (χ2v) is 10.6. The third kappa shape index (κ3) is 4.23. The molecule has 1 atom stereocenters. The second kappa shape index (κ2) is 8.05. The van der Waals surface area contributed by atoms with Crippen molar-refractivity contribution in [2.75, 3.05) is 18.6 Å². The van der Waals surface area contributed by atoms with E-state index in [0.717, 1.165) is 0 Å². The molecule has 3 heterocycles. The number of aromatic nitrogens is 5. The number of carbonyl (C=O) groups is 1. The zero-order chi connectivity index (χ0) is 21.5. The number of sulfone groups is 1. The minimum atomic E-state index is -3.22. The van der Waals surface area contributed by atoms with E-state index >= 15 is 0 Å². The Bertz CT molecular complexity index is 1190. The van der Waals surface area contributed by atoms with Gasteiger partial charge in [-0.05, 0) is 49.1 Å². The molecule has 1 aliphatic heterocycles. The van der Waals surface area contributed by atoms with Crippen LogP contribution in [0, 0.1) is 6.92 Å². The first-order valence-electron chi connectivity index (χ1n) is 9.21. The highest BCUT2D eigenvalue weighted by molar-refractivity contribution is 7.90. The predicted octanol–water partition coefficient (Wildman–Crippen LogP) is 2.39. The molecular formula is C18H19ClN6O3S2. The lowest BCUT2D eigenvalue weighted by Gasteiger charge is -2.35. The van der Waals surface area contributed by atoms with Crippen LogP contribution in [-0.4, -0.2) is 61.9 Å². The molecule has 1 unspecified atom stereocenters. The number of hydrogen-bond acceptors (Lipinski definition) is 8. The Kier molecular flexibility index (Phi) is 5.60. The number of benzene rings is 1. The van der Waals surface area contributed by atoms with Gasteiger partial charge in [0.2, 0.25) is 0 Å². The number of nitrogens with zero attached hydrogens (tertiary/aromatic N) is 6. The summed E-state index contributed by atoms with van der Waals surface area (Å²) in [6, 6.07) is 6.11. The summed E-state index contributed by atoms with van der Waals surface area (Å²) in [6.07, 6.45) is 1.41. The minimum absolute atomic E-state index is 0.0673. The van der Waals surface area contributed by atoms with Gasteiger partial charge in [0, 0.05) is 29.9 Å². The average Bonchev–Trinajstić information content (AvgIpc) is 3.31. The molecule has 4 rings (SSSR count). The van der Waals surface area contributed by atoms with Gasteiger partial charge in [-0.1, -0.05) is 11.6 Å². The van der Waals surface area contributed by atoms with E-state index in [2.05, 4.69) is 19.6 Å². The van der Waals surface area contributed by atoms with E-state index in [-0.39, 0.29) is 18.1 Å². The van der Waals surface area contributed by atoms with Crippen molar-refractivity contribution in [3.05, 3.63) is 46.5 Å². The maximum Gasteiger partial charge on any atom is 0.254 e. The molecule has 12 heteroatoms. The highest BCUT2D eigenvalue weighted by Crippen LogP contribution is 2.33. The van der Waals surface area contributed by atoms with Crippen molar-refractivity contribution in [2.45, 2.75) is 25.9 Å². The first-order valence-corrected chi connectivity index (χ1v) is 12.4. The first kappa shape index (κ1) is 20.9. The van der Waals surface area contributed by atoms with Crippen molar-refractivity contribution in [1.29, 1.82) is 0 Å². The first-order chi connectivity index (χ1) is 14.2. The molecule has 1 aromatic carbocycles. The average molecular weight is 467 g/mol. The van der Waals surface area contributed by atoms with E-state index in [0.29, 0.717) is 46.2 Å². The molecule has 158 valence electrons. The molecule has 0 saturated heterocycles. The number of fused-ring (bicyclic) bond motifs is 1. The van der Waals surface area contributed by atoms with Gasteiger partial charge in [0.15, 0.2) is 16.7 Å². The smallest absolute Gasteiger partial charge is 0.254 e. The Hall–Kier alpha value is -2.37.